The lowest BCUT2D eigenvalue weighted by molar-refractivity contribution is 0.0680. The maximum atomic E-state index is 10.6. The predicted octanol–water partition coefficient (Wildman–Crippen LogP) is 2.60. The van der Waals surface area contributed by atoms with Crippen LogP contribution in [0.5, 0.6) is 0 Å². The fourth-order valence-electron chi connectivity index (χ4n) is 2.19. The highest BCUT2D eigenvalue weighted by molar-refractivity contribution is 5.82. The van der Waals surface area contributed by atoms with E-state index in [4.69, 9.17) is 9.63 Å². The fraction of sp³-hybridized carbons (Fsp3) is 0.727. The van der Waals surface area contributed by atoms with Gasteiger partial charge in [0.05, 0.1) is 0 Å². The summed E-state index contributed by atoms with van der Waals surface area (Å²) < 4.78 is 5.02. The van der Waals surface area contributed by atoms with E-state index in [9.17, 15) is 4.79 Å². The van der Waals surface area contributed by atoms with Crippen molar-refractivity contribution in [1.29, 1.82) is 0 Å². The quantitative estimate of drug-likeness (QED) is 0.835. The SMILES string of the molecule is O=C(O)c1noc(C2CCCCCCC2)n1. The van der Waals surface area contributed by atoms with Crippen LogP contribution in [-0.2, 0) is 0 Å². The Morgan fingerprint density at radius 2 is 1.81 bits per heavy atom. The molecule has 0 aromatic carbocycles. The smallest absolute Gasteiger partial charge is 0.377 e. The number of hydrogen-bond acceptors (Lipinski definition) is 4. The Morgan fingerprint density at radius 1 is 1.19 bits per heavy atom. The predicted molar refractivity (Wildman–Crippen MR) is 56.3 cm³/mol. The number of rotatable bonds is 2. The molecule has 1 fully saturated rings. The molecule has 1 aromatic heterocycles. The third-order valence-corrected chi connectivity index (χ3v) is 3.09. The van der Waals surface area contributed by atoms with E-state index >= 15 is 0 Å². The van der Waals surface area contributed by atoms with Crippen molar-refractivity contribution in [3.05, 3.63) is 11.7 Å². The van der Waals surface area contributed by atoms with Crippen molar-refractivity contribution in [2.45, 2.75) is 50.9 Å². The fourth-order valence-corrected chi connectivity index (χ4v) is 2.19. The third kappa shape index (κ3) is 2.59. The van der Waals surface area contributed by atoms with Crippen LogP contribution in [0.4, 0.5) is 0 Å². The van der Waals surface area contributed by atoms with Gasteiger partial charge >= 0.3 is 5.97 Å². The molecule has 1 aliphatic rings. The van der Waals surface area contributed by atoms with Crippen LogP contribution in [0.2, 0.25) is 0 Å². The van der Waals surface area contributed by atoms with Crippen LogP contribution in [0.15, 0.2) is 4.52 Å². The molecule has 0 bridgehead atoms. The molecule has 88 valence electrons. The van der Waals surface area contributed by atoms with Gasteiger partial charge in [0.2, 0.25) is 5.89 Å². The first-order valence-electron chi connectivity index (χ1n) is 5.84. The molecule has 16 heavy (non-hydrogen) atoms. The molecule has 0 atom stereocenters. The second kappa shape index (κ2) is 5.09. The lowest BCUT2D eigenvalue weighted by Crippen LogP contribution is -2.04. The summed E-state index contributed by atoms with van der Waals surface area (Å²) in [5.41, 5.74) is 0. The summed E-state index contributed by atoms with van der Waals surface area (Å²) >= 11 is 0. The number of nitrogens with zero attached hydrogens (tertiary/aromatic N) is 2. The normalized spacial score (nSPS) is 19.0. The van der Waals surface area contributed by atoms with Crippen molar-refractivity contribution in [3.8, 4) is 0 Å². The van der Waals surface area contributed by atoms with Gasteiger partial charge in [-0.3, -0.25) is 0 Å². The van der Waals surface area contributed by atoms with Crippen molar-refractivity contribution in [1.82, 2.24) is 10.1 Å². The molecular formula is C11H16N2O3. The van der Waals surface area contributed by atoms with Gasteiger partial charge in [-0.15, -0.1) is 0 Å². The van der Waals surface area contributed by atoms with E-state index in [1.807, 2.05) is 0 Å². The number of carboxylic acids is 1. The average Bonchev–Trinajstić information content (AvgIpc) is 2.66. The molecule has 2 rings (SSSR count). The Kier molecular flexibility index (Phi) is 3.54. The van der Waals surface area contributed by atoms with Crippen molar-refractivity contribution < 1.29 is 14.4 Å². The third-order valence-electron chi connectivity index (χ3n) is 3.09. The Balaban J connectivity index is 2.05. The first-order chi connectivity index (χ1) is 7.77. The summed E-state index contributed by atoms with van der Waals surface area (Å²) in [7, 11) is 0. The summed E-state index contributed by atoms with van der Waals surface area (Å²) in [6, 6.07) is 0. The molecule has 1 aromatic rings. The molecule has 0 radical (unpaired) electrons. The van der Waals surface area contributed by atoms with E-state index in [0.717, 1.165) is 25.7 Å². The van der Waals surface area contributed by atoms with Gasteiger partial charge in [-0.25, -0.2) is 4.79 Å². The molecule has 0 amide bonds. The Hall–Kier alpha value is -1.39. The maximum Gasteiger partial charge on any atom is 0.377 e. The van der Waals surface area contributed by atoms with E-state index in [0.29, 0.717) is 5.89 Å². The van der Waals surface area contributed by atoms with Gasteiger partial charge in [-0.05, 0) is 18.0 Å². The highest BCUT2D eigenvalue weighted by atomic mass is 16.5. The maximum absolute atomic E-state index is 10.6. The first kappa shape index (κ1) is 11.1. The van der Waals surface area contributed by atoms with Gasteiger partial charge in [0.25, 0.3) is 5.82 Å². The van der Waals surface area contributed by atoms with Gasteiger partial charge in [0, 0.05) is 5.92 Å². The molecule has 1 saturated carbocycles. The summed E-state index contributed by atoms with van der Waals surface area (Å²) in [5.74, 6) is -0.599. The van der Waals surface area contributed by atoms with E-state index < -0.39 is 5.97 Å². The lowest BCUT2D eigenvalue weighted by atomic mass is 9.91. The largest absolute Gasteiger partial charge is 0.475 e. The number of aromatic nitrogens is 2. The van der Waals surface area contributed by atoms with Crippen LogP contribution in [0.25, 0.3) is 0 Å². The summed E-state index contributed by atoms with van der Waals surface area (Å²) in [6.07, 6.45) is 8.18. The summed E-state index contributed by atoms with van der Waals surface area (Å²) in [6.45, 7) is 0. The summed E-state index contributed by atoms with van der Waals surface area (Å²) in [5, 5.41) is 12.2. The topological polar surface area (TPSA) is 76.2 Å². The lowest BCUT2D eigenvalue weighted by Gasteiger charge is -2.15. The van der Waals surface area contributed by atoms with E-state index in [1.54, 1.807) is 0 Å². The number of carboxylic acid groups (broad SMARTS) is 1. The van der Waals surface area contributed by atoms with Gasteiger partial charge < -0.3 is 9.63 Å². The summed E-state index contributed by atoms with van der Waals surface area (Å²) in [4.78, 5) is 14.6. The molecule has 5 heteroatoms. The monoisotopic (exact) mass is 224 g/mol. The molecule has 5 nitrogen and oxygen atoms in total. The highest BCUT2D eigenvalue weighted by Crippen LogP contribution is 2.29. The van der Waals surface area contributed by atoms with Crippen molar-refractivity contribution in [3.63, 3.8) is 0 Å². The average molecular weight is 224 g/mol. The second-order valence-corrected chi connectivity index (χ2v) is 4.30. The molecule has 0 spiro atoms. The van der Waals surface area contributed by atoms with Crippen LogP contribution < -0.4 is 0 Å². The number of aromatic carboxylic acids is 1. The van der Waals surface area contributed by atoms with Gasteiger partial charge in [0.15, 0.2) is 0 Å². The molecule has 0 unspecified atom stereocenters. The van der Waals surface area contributed by atoms with Gasteiger partial charge in [0.1, 0.15) is 0 Å². The molecular weight excluding hydrogens is 208 g/mol. The number of hydrogen-bond donors (Lipinski definition) is 1. The molecule has 0 saturated heterocycles. The Morgan fingerprint density at radius 3 is 2.38 bits per heavy atom. The second-order valence-electron chi connectivity index (χ2n) is 4.30. The Bertz CT molecular complexity index is 354. The molecule has 0 aliphatic heterocycles. The van der Waals surface area contributed by atoms with Gasteiger partial charge in [-0.1, -0.05) is 32.1 Å². The minimum absolute atomic E-state index is 0.225. The van der Waals surface area contributed by atoms with E-state index in [2.05, 4.69) is 10.1 Å². The zero-order chi connectivity index (χ0) is 11.4. The van der Waals surface area contributed by atoms with Crippen LogP contribution >= 0.6 is 0 Å². The Labute approximate surface area is 93.9 Å². The van der Waals surface area contributed by atoms with Crippen molar-refractivity contribution in [2.75, 3.05) is 0 Å². The van der Waals surface area contributed by atoms with Crippen molar-refractivity contribution >= 4 is 5.97 Å². The van der Waals surface area contributed by atoms with Crippen LogP contribution in [0.3, 0.4) is 0 Å². The molecule has 1 heterocycles. The van der Waals surface area contributed by atoms with Gasteiger partial charge in [-0.2, -0.15) is 4.98 Å². The standard InChI is InChI=1S/C11H16N2O3/c14-11(15)9-12-10(16-13-9)8-6-4-2-1-3-5-7-8/h8H,1-7H2,(H,14,15). The van der Waals surface area contributed by atoms with Crippen molar-refractivity contribution in [2.24, 2.45) is 0 Å². The van der Waals surface area contributed by atoms with E-state index in [-0.39, 0.29) is 11.7 Å². The molecule has 1 aliphatic carbocycles. The van der Waals surface area contributed by atoms with Crippen LogP contribution in [0.1, 0.15) is 67.4 Å². The highest BCUT2D eigenvalue weighted by Gasteiger charge is 2.21. The van der Waals surface area contributed by atoms with Crippen LogP contribution in [-0.4, -0.2) is 21.2 Å². The molecule has 1 N–H and O–H groups in total. The zero-order valence-corrected chi connectivity index (χ0v) is 9.19. The minimum Gasteiger partial charge on any atom is -0.475 e. The minimum atomic E-state index is -1.12. The zero-order valence-electron chi connectivity index (χ0n) is 9.19. The first-order valence-corrected chi connectivity index (χ1v) is 5.84. The van der Waals surface area contributed by atoms with Crippen LogP contribution in [0, 0.1) is 0 Å². The number of carbonyl (C=O) groups is 1. The van der Waals surface area contributed by atoms with E-state index in [1.165, 1.54) is 19.3 Å².